The van der Waals surface area contributed by atoms with Gasteiger partial charge in [0, 0.05) is 19.2 Å². The number of carboxylic acids is 1. The molecular weight excluding hydrogens is 210 g/mol. The van der Waals surface area contributed by atoms with Crippen LogP contribution < -0.4 is 0 Å². The van der Waals surface area contributed by atoms with Crippen LogP contribution in [0.25, 0.3) is 0 Å². The SMILES string of the molecule is CCOCC(=O)N1CCCCC1CC(=O)O. The highest BCUT2D eigenvalue weighted by molar-refractivity contribution is 5.78. The zero-order valence-corrected chi connectivity index (χ0v) is 9.65. The summed E-state index contributed by atoms with van der Waals surface area (Å²) in [7, 11) is 0. The molecule has 5 heteroatoms. The number of amides is 1. The maximum atomic E-state index is 11.8. The molecule has 1 unspecified atom stereocenters. The first kappa shape index (κ1) is 13.0. The van der Waals surface area contributed by atoms with E-state index in [4.69, 9.17) is 9.84 Å². The molecular formula is C11H19NO4. The predicted octanol–water partition coefficient (Wildman–Crippen LogP) is 0.879. The molecule has 0 bridgehead atoms. The Morgan fingerprint density at radius 2 is 2.19 bits per heavy atom. The molecule has 1 saturated heterocycles. The van der Waals surface area contributed by atoms with E-state index in [9.17, 15) is 9.59 Å². The number of carbonyl (C=O) groups excluding carboxylic acids is 1. The average Bonchev–Trinajstić information content (AvgIpc) is 2.26. The van der Waals surface area contributed by atoms with Gasteiger partial charge in [0.1, 0.15) is 6.61 Å². The molecule has 0 aliphatic carbocycles. The van der Waals surface area contributed by atoms with Gasteiger partial charge in [0.05, 0.1) is 6.42 Å². The molecule has 92 valence electrons. The number of hydrogen-bond donors (Lipinski definition) is 1. The highest BCUT2D eigenvalue weighted by Gasteiger charge is 2.28. The normalized spacial score (nSPS) is 20.8. The highest BCUT2D eigenvalue weighted by atomic mass is 16.5. The van der Waals surface area contributed by atoms with Gasteiger partial charge in [-0.1, -0.05) is 0 Å². The Labute approximate surface area is 95.4 Å². The molecule has 1 fully saturated rings. The van der Waals surface area contributed by atoms with Crippen molar-refractivity contribution in [3.05, 3.63) is 0 Å². The Hall–Kier alpha value is -1.10. The Balaban J connectivity index is 2.51. The summed E-state index contributed by atoms with van der Waals surface area (Å²) in [4.78, 5) is 24.1. The van der Waals surface area contributed by atoms with E-state index in [1.165, 1.54) is 0 Å². The van der Waals surface area contributed by atoms with Gasteiger partial charge >= 0.3 is 5.97 Å². The zero-order valence-electron chi connectivity index (χ0n) is 9.65. The largest absolute Gasteiger partial charge is 0.481 e. The Morgan fingerprint density at radius 3 is 2.81 bits per heavy atom. The number of hydrogen-bond acceptors (Lipinski definition) is 3. The second-order valence-electron chi connectivity index (χ2n) is 3.97. The zero-order chi connectivity index (χ0) is 12.0. The Kier molecular flexibility index (Phi) is 5.25. The van der Waals surface area contributed by atoms with E-state index in [0.29, 0.717) is 13.2 Å². The summed E-state index contributed by atoms with van der Waals surface area (Å²) in [6.07, 6.45) is 2.77. The van der Waals surface area contributed by atoms with Crippen molar-refractivity contribution in [3.63, 3.8) is 0 Å². The highest BCUT2D eigenvalue weighted by Crippen LogP contribution is 2.19. The third kappa shape index (κ3) is 3.81. The van der Waals surface area contributed by atoms with Crippen molar-refractivity contribution >= 4 is 11.9 Å². The van der Waals surface area contributed by atoms with Crippen LogP contribution in [-0.2, 0) is 14.3 Å². The molecule has 1 rings (SSSR count). The van der Waals surface area contributed by atoms with Gasteiger partial charge in [-0.25, -0.2) is 0 Å². The molecule has 1 amide bonds. The lowest BCUT2D eigenvalue weighted by atomic mass is 9.99. The van der Waals surface area contributed by atoms with Crippen molar-refractivity contribution in [2.24, 2.45) is 0 Å². The monoisotopic (exact) mass is 229 g/mol. The van der Waals surface area contributed by atoms with E-state index in [-0.39, 0.29) is 25.0 Å². The summed E-state index contributed by atoms with van der Waals surface area (Å²) in [5.74, 6) is -0.936. The topological polar surface area (TPSA) is 66.8 Å². The summed E-state index contributed by atoms with van der Waals surface area (Å²) >= 11 is 0. The van der Waals surface area contributed by atoms with E-state index in [1.807, 2.05) is 6.92 Å². The molecule has 1 N–H and O–H groups in total. The lowest BCUT2D eigenvalue weighted by Gasteiger charge is -2.34. The van der Waals surface area contributed by atoms with Crippen LogP contribution in [0.5, 0.6) is 0 Å². The van der Waals surface area contributed by atoms with Gasteiger partial charge in [-0.05, 0) is 26.2 Å². The summed E-state index contributed by atoms with van der Waals surface area (Å²) < 4.78 is 5.06. The van der Waals surface area contributed by atoms with Gasteiger partial charge in [-0.3, -0.25) is 9.59 Å². The maximum absolute atomic E-state index is 11.8. The molecule has 1 atom stereocenters. The first-order valence-electron chi connectivity index (χ1n) is 5.74. The van der Waals surface area contributed by atoms with Gasteiger partial charge in [0.2, 0.25) is 5.91 Å². The van der Waals surface area contributed by atoms with Crippen LogP contribution >= 0.6 is 0 Å². The first-order chi connectivity index (χ1) is 7.65. The van der Waals surface area contributed by atoms with Gasteiger partial charge in [-0.15, -0.1) is 0 Å². The van der Waals surface area contributed by atoms with E-state index < -0.39 is 5.97 Å². The van der Waals surface area contributed by atoms with Crippen molar-refractivity contribution in [1.29, 1.82) is 0 Å². The fourth-order valence-corrected chi connectivity index (χ4v) is 2.01. The van der Waals surface area contributed by atoms with Gasteiger partial charge in [0.25, 0.3) is 0 Å². The van der Waals surface area contributed by atoms with Gasteiger partial charge < -0.3 is 14.7 Å². The van der Waals surface area contributed by atoms with Crippen molar-refractivity contribution in [2.45, 2.75) is 38.6 Å². The van der Waals surface area contributed by atoms with Crippen LogP contribution in [0.15, 0.2) is 0 Å². The number of carboxylic acid groups (broad SMARTS) is 1. The van der Waals surface area contributed by atoms with Crippen molar-refractivity contribution in [1.82, 2.24) is 4.90 Å². The predicted molar refractivity (Wildman–Crippen MR) is 58.1 cm³/mol. The van der Waals surface area contributed by atoms with Crippen molar-refractivity contribution in [2.75, 3.05) is 19.8 Å². The Bertz CT molecular complexity index is 254. The second-order valence-corrected chi connectivity index (χ2v) is 3.97. The Morgan fingerprint density at radius 1 is 1.44 bits per heavy atom. The minimum atomic E-state index is -0.846. The van der Waals surface area contributed by atoms with E-state index in [0.717, 1.165) is 19.3 Å². The smallest absolute Gasteiger partial charge is 0.305 e. The van der Waals surface area contributed by atoms with Crippen LogP contribution in [0.1, 0.15) is 32.6 Å². The summed E-state index contributed by atoms with van der Waals surface area (Å²) in [5.41, 5.74) is 0. The van der Waals surface area contributed by atoms with Crippen molar-refractivity contribution < 1.29 is 19.4 Å². The van der Waals surface area contributed by atoms with E-state index >= 15 is 0 Å². The summed E-state index contributed by atoms with van der Waals surface area (Å²) in [6, 6.07) is -0.154. The number of rotatable bonds is 5. The summed E-state index contributed by atoms with van der Waals surface area (Å²) in [6.45, 7) is 3.05. The molecule has 0 aromatic heterocycles. The van der Waals surface area contributed by atoms with Crippen LogP contribution in [0.2, 0.25) is 0 Å². The second kappa shape index (κ2) is 6.48. The number of nitrogens with zero attached hydrogens (tertiary/aromatic N) is 1. The van der Waals surface area contributed by atoms with Crippen LogP contribution in [0, 0.1) is 0 Å². The lowest BCUT2D eigenvalue weighted by molar-refractivity contribution is -0.144. The number of carbonyl (C=O) groups is 2. The molecule has 1 aliphatic heterocycles. The molecule has 0 aromatic rings. The van der Waals surface area contributed by atoms with Gasteiger partial charge in [0.15, 0.2) is 0 Å². The minimum absolute atomic E-state index is 0.0395. The quantitative estimate of drug-likeness (QED) is 0.760. The molecule has 16 heavy (non-hydrogen) atoms. The van der Waals surface area contributed by atoms with E-state index in [1.54, 1.807) is 4.90 Å². The van der Waals surface area contributed by atoms with Gasteiger partial charge in [-0.2, -0.15) is 0 Å². The average molecular weight is 229 g/mol. The first-order valence-corrected chi connectivity index (χ1v) is 5.74. The molecule has 0 radical (unpaired) electrons. The molecule has 0 spiro atoms. The lowest BCUT2D eigenvalue weighted by Crippen LogP contribution is -2.46. The number of aliphatic carboxylic acids is 1. The number of piperidine rings is 1. The molecule has 1 aliphatic rings. The van der Waals surface area contributed by atoms with Crippen molar-refractivity contribution in [3.8, 4) is 0 Å². The van der Waals surface area contributed by atoms with E-state index in [2.05, 4.69) is 0 Å². The molecule has 0 saturated carbocycles. The fraction of sp³-hybridized carbons (Fsp3) is 0.818. The van der Waals surface area contributed by atoms with Crippen LogP contribution in [0.3, 0.4) is 0 Å². The number of ether oxygens (including phenoxy) is 1. The summed E-state index contributed by atoms with van der Waals surface area (Å²) in [5, 5.41) is 8.77. The molecule has 5 nitrogen and oxygen atoms in total. The maximum Gasteiger partial charge on any atom is 0.305 e. The molecule has 1 heterocycles. The molecule has 0 aromatic carbocycles. The van der Waals surface area contributed by atoms with Crippen LogP contribution in [0.4, 0.5) is 0 Å². The van der Waals surface area contributed by atoms with Crippen LogP contribution in [-0.4, -0.2) is 47.7 Å². The third-order valence-electron chi connectivity index (χ3n) is 2.79. The number of likely N-dealkylation sites (tertiary alicyclic amines) is 1. The minimum Gasteiger partial charge on any atom is -0.481 e. The fourth-order valence-electron chi connectivity index (χ4n) is 2.01. The standard InChI is InChI=1S/C11H19NO4/c1-2-16-8-10(13)12-6-4-3-5-9(12)7-11(14)15/h9H,2-8H2,1H3,(H,14,15). The third-order valence-corrected chi connectivity index (χ3v) is 2.79.